The summed E-state index contributed by atoms with van der Waals surface area (Å²) in [6.07, 6.45) is 1.93. The average molecular weight is 211 g/mol. The molecule has 0 amide bonds. The van der Waals surface area contributed by atoms with E-state index in [0.29, 0.717) is 12.2 Å². The van der Waals surface area contributed by atoms with Crippen LogP contribution in [0.25, 0.3) is 0 Å². The van der Waals surface area contributed by atoms with Gasteiger partial charge in [-0.05, 0) is 6.42 Å². The number of rotatable bonds is 5. The number of anilines is 1. The predicted molar refractivity (Wildman–Crippen MR) is 54.8 cm³/mol. The molecule has 0 fully saturated rings. The molecule has 1 aromatic heterocycles. The summed E-state index contributed by atoms with van der Waals surface area (Å²) in [6.45, 7) is 1.87. The number of nitrogens with one attached hydrogen (secondary N) is 2. The van der Waals surface area contributed by atoms with Gasteiger partial charge >= 0.3 is 5.97 Å². The molecule has 0 radical (unpaired) electrons. The number of H-pyrrole nitrogens is 1. The summed E-state index contributed by atoms with van der Waals surface area (Å²) in [6, 6.07) is 1.08. The molecule has 0 aliphatic carbocycles. The highest BCUT2D eigenvalue weighted by molar-refractivity contribution is 5.68. The van der Waals surface area contributed by atoms with E-state index in [9.17, 15) is 9.59 Å². The smallest absolute Gasteiger partial charge is 0.305 e. The molecule has 6 nitrogen and oxygen atoms in total. The first kappa shape index (κ1) is 11.2. The lowest BCUT2D eigenvalue weighted by atomic mass is 10.1. The lowest BCUT2D eigenvalue weighted by Crippen LogP contribution is -2.23. The van der Waals surface area contributed by atoms with Crippen LogP contribution in [0, 0.1) is 0 Å². The quantitative estimate of drug-likeness (QED) is 0.656. The van der Waals surface area contributed by atoms with Gasteiger partial charge in [0.15, 0.2) is 0 Å². The van der Waals surface area contributed by atoms with E-state index in [1.807, 2.05) is 6.92 Å². The zero-order valence-electron chi connectivity index (χ0n) is 8.36. The first-order valence-electron chi connectivity index (χ1n) is 4.65. The summed E-state index contributed by atoms with van der Waals surface area (Å²) < 4.78 is 0. The molecule has 6 heteroatoms. The fourth-order valence-electron chi connectivity index (χ4n) is 1.16. The van der Waals surface area contributed by atoms with Gasteiger partial charge in [-0.25, -0.2) is 4.98 Å². The van der Waals surface area contributed by atoms with Gasteiger partial charge in [0.25, 0.3) is 5.56 Å². The lowest BCUT2D eigenvalue weighted by molar-refractivity contribution is -0.137. The van der Waals surface area contributed by atoms with Crippen LogP contribution in [0.3, 0.4) is 0 Å². The van der Waals surface area contributed by atoms with Crippen molar-refractivity contribution in [2.24, 2.45) is 0 Å². The van der Waals surface area contributed by atoms with Crippen molar-refractivity contribution in [3.05, 3.63) is 22.7 Å². The van der Waals surface area contributed by atoms with Crippen LogP contribution in [0.5, 0.6) is 0 Å². The maximum atomic E-state index is 10.9. The van der Waals surface area contributed by atoms with Crippen LogP contribution in [0.15, 0.2) is 17.2 Å². The maximum absolute atomic E-state index is 10.9. The topological polar surface area (TPSA) is 95.1 Å². The van der Waals surface area contributed by atoms with Crippen molar-refractivity contribution in [1.82, 2.24) is 9.97 Å². The highest BCUT2D eigenvalue weighted by Crippen LogP contribution is 2.05. The minimum absolute atomic E-state index is 0.00494. The van der Waals surface area contributed by atoms with Gasteiger partial charge in [0.1, 0.15) is 5.82 Å². The van der Waals surface area contributed by atoms with Crippen LogP contribution < -0.4 is 10.9 Å². The van der Waals surface area contributed by atoms with E-state index >= 15 is 0 Å². The van der Waals surface area contributed by atoms with Crippen molar-refractivity contribution < 1.29 is 9.90 Å². The number of aromatic amines is 1. The van der Waals surface area contributed by atoms with E-state index in [4.69, 9.17) is 5.11 Å². The molecule has 15 heavy (non-hydrogen) atoms. The number of nitrogens with zero attached hydrogens (tertiary/aromatic N) is 1. The standard InChI is InChI=1S/C9H13N3O3/c1-2-6(3-9(14)15)12-7-4-8(13)11-5-10-7/h4-6H,2-3H2,1H3,(H,14,15)(H2,10,11,12,13). The summed E-state index contributed by atoms with van der Waals surface area (Å²) in [5, 5.41) is 11.5. The molecular weight excluding hydrogens is 198 g/mol. The van der Waals surface area contributed by atoms with Crippen molar-refractivity contribution in [3.63, 3.8) is 0 Å². The van der Waals surface area contributed by atoms with Gasteiger partial charge in [0.2, 0.25) is 0 Å². The van der Waals surface area contributed by atoms with Crippen LogP contribution in [-0.2, 0) is 4.79 Å². The second kappa shape index (κ2) is 5.14. The molecule has 0 aromatic carbocycles. The van der Waals surface area contributed by atoms with Crippen molar-refractivity contribution in [1.29, 1.82) is 0 Å². The van der Waals surface area contributed by atoms with Crippen LogP contribution >= 0.6 is 0 Å². The van der Waals surface area contributed by atoms with E-state index in [-0.39, 0.29) is 18.0 Å². The van der Waals surface area contributed by atoms with E-state index in [2.05, 4.69) is 15.3 Å². The summed E-state index contributed by atoms with van der Waals surface area (Å²) in [5.41, 5.74) is -0.266. The van der Waals surface area contributed by atoms with Crippen molar-refractivity contribution >= 4 is 11.8 Å². The Bertz CT molecular complexity index is 388. The molecule has 82 valence electrons. The normalized spacial score (nSPS) is 12.1. The molecule has 1 atom stereocenters. The van der Waals surface area contributed by atoms with Crippen LogP contribution in [0.2, 0.25) is 0 Å². The lowest BCUT2D eigenvalue weighted by Gasteiger charge is -2.14. The Morgan fingerprint density at radius 1 is 1.73 bits per heavy atom. The Labute approximate surface area is 86.4 Å². The zero-order chi connectivity index (χ0) is 11.3. The number of hydrogen-bond donors (Lipinski definition) is 3. The Kier molecular flexibility index (Phi) is 3.84. The minimum atomic E-state index is -0.876. The van der Waals surface area contributed by atoms with Gasteiger partial charge in [0.05, 0.1) is 12.7 Å². The van der Waals surface area contributed by atoms with Crippen LogP contribution in [-0.4, -0.2) is 27.1 Å². The van der Waals surface area contributed by atoms with Crippen LogP contribution in [0.4, 0.5) is 5.82 Å². The van der Waals surface area contributed by atoms with E-state index in [1.165, 1.54) is 12.4 Å². The van der Waals surface area contributed by atoms with Crippen molar-refractivity contribution in [3.8, 4) is 0 Å². The second-order valence-corrected chi connectivity index (χ2v) is 3.14. The molecule has 0 saturated carbocycles. The number of carboxylic acid groups (broad SMARTS) is 1. The zero-order valence-corrected chi connectivity index (χ0v) is 8.36. The Morgan fingerprint density at radius 3 is 3.00 bits per heavy atom. The van der Waals surface area contributed by atoms with Gasteiger partial charge in [0, 0.05) is 12.1 Å². The van der Waals surface area contributed by atoms with E-state index in [0.717, 1.165) is 0 Å². The first-order chi connectivity index (χ1) is 7.11. The third kappa shape index (κ3) is 3.80. The first-order valence-corrected chi connectivity index (χ1v) is 4.65. The number of carboxylic acids is 1. The van der Waals surface area contributed by atoms with Gasteiger partial charge in [-0.2, -0.15) is 0 Å². The van der Waals surface area contributed by atoms with Crippen molar-refractivity contribution in [2.75, 3.05) is 5.32 Å². The molecule has 0 saturated heterocycles. The summed E-state index contributed by atoms with van der Waals surface area (Å²) in [4.78, 5) is 27.7. The predicted octanol–water partition coefficient (Wildman–Crippen LogP) is 0.435. The fourth-order valence-corrected chi connectivity index (χ4v) is 1.16. The molecule has 1 unspecified atom stereocenters. The summed E-state index contributed by atoms with van der Waals surface area (Å²) in [7, 11) is 0. The number of hydrogen-bond acceptors (Lipinski definition) is 4. The Hall–Kier alpha value is -1.85. The molecule has 0 aliphatic rings. The maximum Gasteiger partial charge on any atom is 0.305 e. The fraction of sp³-hybridized carbons (Fsp3) is 0.444. The largest absolute Gasteiger partial charge is 0.481 e. The minimum Gasteiger partial charge on any atom is -0.481 e. The molecule has 1 aromatic rings. The molecule has 0 aliphatic heterocycles. The third-order valence-electron chi connectivity index (χ3n) is 1.94. The summed E-state index contributed by atoms with van der Waals surface area (Å²) in [5.74, 6) is -0.481. The molecule has 0 spiro atoms. The van der Waals surface area contributed by atoms with E-state index in [1.54, 1.807) is 0 Å². The number of aromatic nitrogens is 2. The SMILES string of the molecule is CCC(CC(=O)O)Nc1cc(=O)[nH]cn1. The monoisotopic (exact) mass is 211 g/mol. The molecule has 3 N–H and O–H groups in total. The number of carbonyl (C=O) groups is 1. The van der Waals surface area contributed by atoms with E-state index < -0.39 is 5.97 Å². The average Bonchev–Trinajstić information content (AvgIpc) is 2.16. The van der Waals surface area contributed by atoms with Crippen LogP contribution in [0.1, 0.15) is 19.8 Å². The molecule has 1 rings (SSSR count). The summed E-state index contributed by atoms with van der Waals surface area (Å²) >= 11 is 0. The molecule has 0 bridgehead atoms. The Balaban J connectivity index is 2.66. The highest BCUT2D eigenvalue weighted by atomic mass is 16.4. The van der Waals surface area contributed by atoms with Gasteiger partial charge < -0.3 is 15.4 Å². The second-order valence-electron chi connectivity index (χ2n) is 3.14. The van der Waals surface area contributed by atoms with Crippen molar-refractivity contribution in [2.45, 2.75) is 25.8 Å². The van der Waals surface area contributed by atoms with Gasteiger partial charge in [-0.1, -0.05) is 6.92 Å². The molecular formula is C9H13N3O3. The molecule has 1 heterocycles. The third-order valence-corrected chi connectivity index (χ3v) is 1.94. The van der Waals surface area contributed by atoms with Gasteiger partial charge in [-0.3, -0.25) is 9.59 Å². The number of aliphatic carboxylic acids is 1. The Morgan fingerprint density at radius 2 is 2.47 bits per heavy atom. The highest BCUT2D eigenvalue weighted by Gasteiger charge is 2.11. The van der Waals surface area contributed by atoms with Gasteiger partial charge in [-0.15, -0.1) is 0 Å².